The van der Waals surface area contributed by atoms with E-state index in [1.807, 2.05) is 4.57 Å². The first-order valence-corrected chi connectivity index (χ1v) is 8.16. The predicted octanol–water partition coefficient (Wildman–Crippen LogP) is 5.35. The highest BCUT2D eigenvalue weighted by atomic mass is 19.1. The van der Waals surface area contributed by atoms with Crippen LogP contribution in [0.3, 0.4) is 0 Å². The second kappa shape index (κ2) is 5.76. The Balaban J connectivity index is 1.93. The van der Waals surface area contributed by atoms with Crippen molar-refractivity contribution in [2.24, 2.45) is 0 Å². The lowest BCUT2D eigenvalue weighted by atomic mass is 9.88. The molecule has 1 aromatic heterocycles. The molecule has 0 amide bonds. The van der Waals surface area contributed by atoms with Crippen molar-refractivity contribution in [3.63, 3.8) is 0 Å². The van der Waals surface area contributed by atoms with Gasteiger partial charge in [0.15, 0.2) is 0 Å². The van der Waals surface area contributed by atoms with Gasteiger partial charge >= 0.3 is 0 Å². The van der Waals surface area contributed by atoms with Crippen molar-refractivity contribution < 1.29 is 8.78 Å². The first kappa shape index (κ1) is 14.4. The summed E-state index contributed by atoms with van der Waals surface area (Å²) in [6, 6.07) is 11.0. The molecule has 2 aromatic carbocycles. The summed E-state index contributed by atoms with van der Waals surface area (Å²) in [5.74, 6) is 0.792. The number of nitrogens with zero attached hydrogens (tertiary/aromatic N) is 2. The summed E-state index contributed by atoms with van der Waals surface area (Å²) in [5, 5.41) is 0. The van der Waals surface area contributed by atoms with Crippen molar-refractivity contribution in [1.29, 1.82) is 0 Å². The Morgan fingerprint density at radius 2 is 1.57 bits per heavy atom. The highest BCUT2D eigenvalue weighted by Crippen LogP contribution is 2.35. The number of hydrogen-bond acceptors (Lipinski definition) is 1. The molecule has 1 fully saturated rings. The van der Waals surface area contributed by atoms with Crippen LogP contribution in [0, 0.1) is 11.6 Å². The van der Waals surface area contributed by atoms with E-state index < -0.39 is 0 Å². The smallest absolute Gasteiger partial charge is 0.125 e. The highest BCUT2D eigenvalue weighted by molar-refractivity contribution is 5.78. The molecule has 1 aliphatic rings. The van der Waals surface area contributed by atoms with E-state index in [1.165, 1.54) is 43.5 Å². The van der Waals surface area contributed by atoms with Crippen LogP contribution >= 0.6 is 0 Å². The zero-order chi connectivity index (χ0) is 15.8. The summed E-state index contributed by atoms with van der Waals surface area (Å²) in [7, 11) is 0. The molecule has 4 rings (SSSR count). The van der Waals surface area contributed by atoms with Crippen molar-refractivity contribution in [1.82, 2.24) is 9.55 Å². The van der Waals surface area contributed by atoms with E-state index in [1.54, 1.807) is 18.2 Å². The van der Waals surface area contributed by atoms with Gasteiger partial charge in [0.05, 0.1) is 11.0 Å². The summed E-state index contributed by atoms with van der Waals surface area (Å²) in [6.45, 7) is 0. The van der Waals surface area contributed by atoms with Crippen molar-refractivity contribution in [2.45, 2.75) is 38.0 Å². The van der Waals surface area contributed by atoms with Gasteiger partial charge in [-0.2, -0.15) is 0 Å². The van der Waals surface area contributed by atoms with Crippen LogP contribution in [0.1, 0.15) is 43.8 Å². The first-order chi connectivity index (χ1) is 11.2. The molecule has 0 aliphatic heterocycles. The van der Waals surface area contributed by atoms with Gasteiger partial charge in [-0.05, 0) is 49.2 Å². The van der Waals surface area contributed by atoms with E-state index in [-0.39, 0.29) is 11.6 Å². The number of benzene rings is 2. The molecule has 1 aliphatic carbocycles. The van der Waals surface area contributed by atoms with Crippen LogP contribution < -0.4 is 0 Å². The summed E-state index contributed by atoms with van der Waals surface area (Å²) in [6.07, 6.45) is 5.87. The number of rotatable bonds is 2. The average molecular weight is 312 g/mol. The Bertz CT molecular complexity index is 830. The average Bonchev–Trinajstić information content (AvgIpc) is 2.95. The Morgan fingerprint density at radius 3 is 2.30 bits per heavy atom. The van der Waals surface area contributed by atoms with Crippen molar-refractivity contribution in [3.8, 4) is 5.69 Å². The quantitative estimate of drug-likeness (QED) is 0.623. The van der Waals surface area contributed by atoms with Gasteiger partial charge < -0.3 is 0 Å². The molecule has 0 bridgehead atoms. The Morgan fingerprint density at radius 1 is 0.870 bits per heavy atom. The van der Waals surface area contributed by atoms with E-state index in [2.05, 4.69) is 0 Å². The fourth-order valence-electron chi connectivity index (χ4n) is 3.56. The number of hydrogen-bond donors (Lipinski definition) is 0. The van der Waals surface area contributed by atoms with E-state index in [0.29, 0.717) is 5.92 Å². The molecule has 1 saturated carbocycles. The zero-order valence-electron chi connectivity index (χ0n) is 12.8. The zero-order valence-corrected chi connectivity index (χ0v) is 12.8. The molecule has 0 unspecified atom stereocenters. The molecule has 0 spiro atoms. The molecule has 23 heavy (non-hydrogen) atoms. The van der Waals surface area contributed by atoms with Crippen molar-refractivity contribution in [3.05, 3.63) is 59.9 Å². The summed E-state index contributed by atoms with van der Waals surface area (Å²) in [5.41, 5.74) is 2.37. The van der Waals surface area contributed by atoms with Gasteiger partial charge in [-0.25, -0.2) is 13.8 Å². The molecule has 0 saturated heterocycles. The fraction of sp³-hybridized carbons (Fsp3) is 0.316. The number of fused-ring (bicyclic) bond motifs is 1. The van der Waals surface area contributed by atoms with E-state index in [4.69, 9.17) is 4.98 Å². The molecule has 4 heteroatoms. The highest BCUT2D eigenvalue weighted by Gasteiger charge is 2.23. The maximum absolute atomic E-state index is 13.7. The van der Waals surface area contributed by atoms with E-state index in [9.17, 15) is 8.78 Å². The van der Waals surface area contributed by atoms with Crippen LogP contribution in [0.25, 0.3) is 16.7 Å². The van der Waals surface area contributed by atoms with Crippen LogP contribution in [0.5, 0.6) is 0 Å². The van der Waals surface area contributed by atoms with Gasteiger partial charge in [0.25, 0.3) is 0 Å². The molecular weight excluding hydrogens is 294 g/mol. The van der Waals surface area contributed by atoms with Crippen LogP contribution in [0.4, 0.5) is 8.78 Å². The lowest BCUT2D eigenvalue weighted by Crippen LogP contribution is -2.11. The van der Waals surface area contributed by atoms with Gasteiger partial charge in [0, 0.05) is 17.7 Å². The molecular formula is C19H18F2N2. The standard InChI is InChI=1S/C19H18F2N2/c20-14-6-9-16(10-7-14)23-18-12-15(21)8-11-17(18)22-19(23)13-4-2-1-3-5-13/h6-13H,1-5H2. The number of imidazole rings is 1. The number of aromatic nitrogens is 2. The molecule has 2 nitrogen and oxygen atoms in total. The monoisotopic (exact) mass is 312 g/mol. The van der Waals surface area contributed by atoms with Gasteiger partial charge in [0.1, 0.15) is 17.5 Å². The molecule has 0 N–H and O–H groups in total. The topological polar surface area (TPSA) is 17.8 Å². The molecule has 0 radical (unpaired) electrons. The van der Waals surface area contributed by atoms with Crippen molar-refractivity contribution >= 4 is 11.0 Å². The maximum atomic E-state index is 13.7. The SMILES string of the molecule is Fc1ccc(-n2c(C3CCCCC3)nc3ccc(F)cc32)cc1. The first-order valence-electron chi connectivity index (χ1n) is 8.16. The predicted molar refractivity (Wildman–Crippen MR) is 86.8 cm³/mol. The third-order valence-electron chi connectivity index (χ3n) is 4.70. The van der Waals surface area contributed by atoms with Crippen molar-refractivity contribution in [2.75, 3.05) is 0 Å². The lowest BCUT2D eigenvalue weighted by molar-refractivity contribution is 0.426. The van der Waals surface area contributed by atoms with Crippen LogP contribution in [0.2, 0.25) is 0 Å². The second-order valence-corrected chi connectivity index (χ2v) is 6.25. The van der Waals surface area contributed by atoms with Crippen LogP contribution in [-0.2, 0) is 0 Å². The molecule has 1 heterocycles. The minimum absolute atomic E-state index is 0.274. The Kier molecular flexibility index (Phi) is 3.60. The van der Waals surface area contributed by atoms with Gasteiger partial charge in [-0.3, -0.25) is 4.57 Å². The minimum atomic E-state index is -0.282. The van der Waals surface area contributed by atoms with Gasteiger partial charge in [-0.15, -0.1) is 0 Å². The Hall–Kier alpha value is -2.23. The second-order valence-electron chi connectivity index (χ2n) is 6.25. The van der Waals surface area contributed by atoms with Crippen LogP contribution in [0.15, 0.2) is 42.5 Å². The summed E-state index contributed by atoms with van der Waals surface area (Å²) in [4.78, 5) is 4.78. The van der Waals surface area contributed by atoms with E-state index in [0.717, 1.165) is 35.4 Å². The molecule has 3 aromatic rings. The Labute approximate surface area is 133 Å². The largest absolute Gasteiger partial charge is 0.296 e. The third-order valence-corrected chi connectivity index (χ3v) is 4.70. The summed E-state index contributed by atoms with van der Waals surface area (Å²) >= 11 is 0. The maximum Gasteiger partial charge on any atom is 0.125 e. The lowest BCUT2D eigenvalue weighted by Gasteiger charge is -2.22. The molecule has 118 valence electrons. The third kappa shape index (κ3) is 2.62. The van der Waals surface area contributed by atoms with Gasteiger partial charge in [0.2, 0.25) is 0 Å². The summed E-state index contributed by atoms with van der Waals surface area (Å²) < 4.78 is 29.0. The minimum Gasteiger partial charge on any atom is -0.296 e. The fourth-order valence-corrected chi connectivity index (χ4v) is 3.56. The van der Waals surface area contributed by atoms with E-state index >= 15 is 0 Å². The molecule has 0 atom stereocenters. The van der Waals surface area contributed by atoms with Crippen LogP contribution in [-0.4, -0.2) is 9.55 Å². The van der Waals surface area contributed by atoms with Gasteiger partial charge in [-0.1, -0.05) is 19.3 Å². The number of halogens is 2. The normalized spacial score (nSPS) is 16.1.